The van der Waals surface area contributed by atoms with Crippen molar-refractivity contribution < 1.29 is 4.92 Å². The molecule has 0 aliphatic rings. The van der Waals surface area contributed by atoms with Gasteiger partial charge < -0.3 is 0 Å². The highest BCUT2D eigenvalue weighted by atomic mass is 35.5. The third kappa shape index (κ3) is 1.54. The van der Waals surface area contributed by atoms with Crippen LogP contribution >= 0.6 is 11.6 Å². The zero-order valence-electron chi connectivity index (χ0n) is 5.60. The van der Waals surface area contributed by atoms with Crippen LogP contribution < -0.4 is 0 Å². The maximum atomic E-state index is 10.2. The Morgan fingerprint density at radius 2 is 2.33 bits per heavy atom. The lowest BCUT2D eigenvalue weighted by molar-refractivity contribution is -0.385. The van der Waals surface area contributed by atoms with E-state index in [1.165, 1.54) is 0 Å². The van der Waals surface area contributed by atoms with E-state index < -0.39 is 4.92 Å². The third-order valence-corrected chi connectivity index (χ3v) is 1.41. The Bertz CT molecular complexity index is 341. The molecular weight excluding hydrogens is 186 g/mol. The summed E-state index contributed by atoms with van der Waals surface area (Å²) in [7, 11) is 0. The summed E-state index contributed by atoms with van der Waals surface area (Å²) in [6, 6.07) is 0.961. The molecule has 0 aromatic carbocycles. The first-order valence-corrected chi connectivity index (χ1v) is 3.16. The molecule has 0 saturated heterocycles. The molecule has 0 bridgehead atoms. The summed E-state index contributed by atoms with van der Waals surface area (Å²) in [5.41, 5.74) is -0.542. The summed E-state index contributed by atoms with van der Waals surface area (Å²) in [5, 5.41) is 12.5. The van der Waals surface area contributed by atoms with Crippen LogP contribution in [-0.2, 0) is 0 Å². The lowest BCUT2D eigenvalue weighted by atomic mass is 10.4. The fraction of sp³-hybridized carbons (Fsp3) is 0. The Balaban J connectivity index is 3.22. The minimum atomic E-state index is -0.683. The second-order valence-electron chi connectivity index (χ2n) is 1.85. The van der Waals surface area contributed by atoms with Crippen molar-refractivity contribution in [2.24, 2.45) is 5.18 Å². The lowest BCUT2D eigenvalue weighted by Gasteiger charge is -1.92. The van der Waals surface area contributed by atoms with E-state index in [0.29, 0.717) is 0 Å². The Kier molecular flexibility index (Phi) is 2.29. The Hall–Kier alpha value is -1.56. The van der Waals surface area contributed by atoms with Crippen LogP contribution in [0.5, 0.6) is 0 Å². The van der Waals surface area contributed by atoms with Gasteiger partial charge in [-0.2, -0.15) is 0 Å². The molecule has 1 rings (SSSR count). The van der Waals surface area contributed by atoms with Crippen molar-refractivity contribution in [2.75, 3.05) is 0 Å². The van der Waals surface area contributed by atoms with Gasteiger partial charge in [0.1, 0.15) is 6.20 Å². The summed E-state index contributed by atoms with van der Waals surface area (Å²) in [6.45, 7) is 0. The molecule has 62 valence electrons. The van der Waals surface area contributed by atoms with Gasteiger partial charge in [-0.05, 0) is 5.18 Å². The van der Waals surface area contributed by atoms with Crippen LogP contribution in [0.15, 0.2) is 17.4 Å². The monoisotopic (exact) mass is 187 g/mol. The molecule has 12 heavy (non-hydrogen) atoms. The predicted molar refractivity (Wildman–Crippen MR) is 41.4 cm³/mol. The van der Waals surface area contributed by atoms with Gasteiger partial charge in [0.25, 0.3) is 5.69 Å². The Morgan fingerprint density at radius 1 is 1.67 bits per heavy atom. The van der Waals surface area contributed by atoms with E-state index in [-0.39, 0.29) is 16.5 Å². The van der Waals surface area contributed by atoms with Crippen molar-refractivity contribution in [3.63, 3.8) is 0 Å². The molecule has 0 unspecified atom stereocenters. The second-order valence-corrected chi connectivity index (χ2v) is 2.21. The fourth-order valence-corrected chi connectivity index (χ4v) is 0.728. The molecule has 0 aliphatic heterocycles. The normalized spacial score (nSPS) is 9.42. The number of nitro groups is 1. The molecule has 6 nitrogen and oxygen atoms in total. The first-order chi connectivity index (χ1) is 5.65. The van der Waals surface area contributed by atoms with Crippen LogP contribution in [0.4, 0.5) is 11.4 Å². The number of rotatable bonds is 2. The maximum absolute atomic E-state index is 10.2. The summed E-state index contributed by atoms with van der Waals surface area (Å²) >= 11 is 5.37. The van der Waals surface area contributed by atoms with Gasteiger partial charge in [-0.3, -0.25) is 10.1 Å². The third-order valence-electron chi connectivity index (χ3n) is 1.12. The van der Waals surface area contributed by atoms with E-state index in [9.17, 15) is 15.0 Å². The molecule has 0 spiro atoms. The first-order valence-electron chi connectivity index (χ1n) is 2.78. The predicted octanol–water partition coefficient (Wildman–Crippen LogP) is 2.04. The van der Waals surface area contributed by atoms with Crippen LogP contribution in [0, 0.1) is 15.0 Å². The molecule has 0 aliphatic carbocycles. The molecule has 0 radical (unpaired) electrons. The van der Waals surface area contributed by atoms with Gasteiger partial charge in [-0.1, -0.05) is 11.6 Å². The standard InChI is InChI=1S/C5H2ClN3O3/c6-5-4(8-10)1-3(2-7-5)9(11)12/h1-2H. The maximum Gasteiger partial charge on any atom is 0.289 e. The van der Waals surface area contributed by atoms with E-state index in [1.54, 1.807) is 0 Å². The minimum Gasteiger partial charge on any atom is -0.258 e. The zero-order chi connectivity index (χ0) is 9.14. The highest BCUT2D eigenvalue weighted by Gasteiger charge is 2.10. The Labute approximate surface area is 71.3 Å². The number of pyridine rings is 1. The molecule has 0 fully saturated rings. The number of halogens is 1. The van der Waals surface area contributed by atoms with Crippen molar-refractivity contribution in [1.82, 2.24) is 4.98 Å². The number of aromatic nitrogens is 1. The average molecular weight is 188 g/mol. The summed E-state index contributed by atoms with van der Waals surface area (Å²) in [5.74, 6) is 0. The van der Waals surface area contributed by atoms with Crippen LogP contribution in [-0.4, -0.2) is 9.91 Å². The first kappa shape index (κ1) is 8.54. The van der Waals surface area contributed by atoms with Crippen molar-refractivity contribution in [1.29, 1.82) is 0 Å². The van der Waals surface area contributed by atoms with Gasteiger partial charge in [0.15, 0.2) is 10.8 Å². The fourth-order valence-electron chi connectivity index (χ4n) is 0.590. The largest absolute Gasteiger partial charge is 0.289 e. The van der Waals surface area contributed by atoms with Gasteiger partial charge in [-0.25, -0.2) is 4.98 Å². The van der Waals surface area contributed by atoms with Crippen molar-refractivity contribution in [3.05, 3.63) is 32.4 Å². The minimum absolute atomic E-state index is 0.143. The molecular formula is C5H2ClN3O3. The van der Waals surface area contributed by atoms with Crippen LogP contribution in [0.3, 0.4) is 0 Å². The number of hydrogen-bond donors (Lipinski definition) is 0. The smallest absolute Gasteiger partial charge is 0.258 e. The van der Waals surface area contributed by atoms with Crippen molar-refractivity contribution >= 4 is 23.0 Å². The van der Waals surface area contributed by atoms with E-state index in [4.69, 9.17) is 11.6 Å². The van der Waals surface area contributed by atoms with Gasteiger partial charge in [0.2, 0.25) is 0 Å². The van der Waals surface area contributed by atoms with Crippen molar-refractivity contribution in [2.45, 2.75) is 0 Å². The number of nitrogens with zero attached hydrogens (tertiary/aromatic N) is 3. The topological polar surface area (TPSA) is 85.5 Å². The number of nitroso groups, excluding NO2 is 1. The highest BCUT2D eigenvalue weighted by molar-refractivity contribution is 6.31. The van der Waals surface area contributed by atoms with Gasteiger partial charge in [-0.15, -0.1) is 4.91 Å². The van der Waals surface area contributed by atoms with Gasteiger partial charge in [0, 0.05) is 0 Å². The average Bonchev–Trinajstić information content (AvgIpc) is 2.05. The molecule has 0 saturated carbocycles. The van der Waals surface area contributed by atoms with Crippen LogP contribution in [0.2, 0.25) is 5.15 Å². The molecule has 0 amide bonds. The molecule has 7 heteroatoms. The number of hydrogen-bond acceptors (Lipinski definition) is 5. The highest BCUT2D eigenvalue weighted by Crippen LogP contribution is 2.25. The SMILES string of the molecule is O=Nc1cc([N+](=O)[O-])cnc1Cl. The van der Waals surface area contributed by atoms with E-state index >= 15 is 0 Å². The van der Waals surface area contributed by atoms with Crippen LogP contribution in [0.1, 0.15) is 0 Å². The molecule has 1 aromatic rings. The molecule has 0 N–H and O–H groups in total. The van der Waals surface area contributed by atoms with Crippen LogP contribution in [0.25, 0.3) is 0 Å². The van der Waals surface area contributed by atoms with Gasteiger partial charge in [0.05, 0.1) is 11.0 Å². The molecule has 0 atom stereocenters. The zero-order valence-corrected chi connectivity index (χ0v) is 6.35. The second kappa shape index (κ2) is 3.22. The summed E-state index contributed by atoms with van der Waals surface area (Å²) < 4.78 is 0. The summed E-state index contributed by atoms with van der Waals surface area (Å²) in [4.78, 5) is 22.9. The quantitative estimate of drug-likeness (QED) is 0.307. The van der Waals surface area contributed by atoms with E-state index in [0.717, 1.165) is 12.3 Å². The molecule has 1 aromatic heterocycles. The summed E-state index contributed by atoms with van der Waals surface area (Å²) in [6.07, 6.45) is 0.955. The molecule has 1 heterocycles. The lowest BCUT2D eigenvalue weighted by Crippen LogP contribution is -1.88. The van der Waals surface area contributed by atoms with Gasteiger partial charge >= 0.3 is 0 Å². The Morgan fingerprint density at radius 3 is 2.83 bits per heavy atom. The van der Waals surface area contributed by atoms with E-state index in [2.05, 4.69) is 10.2 Å². The van der Waals surface area contributed by atoms with E-state index in [1.807, 2.05) is 0 Å². The van der Waals surface area contributed by atoms with Crippen molar-refractivity contribution in [3.8, 4) is 0 Å².